The van der Waals surface area contributed by atoms with E-state index in [2.05, 4.69) is 36.9 Å². The van der Waals surface area contributed by atoms with Gasteiger partial charge in [0, 0.05) is 63.6 Å². The summed E-state index contributed by atoms with van der Waals surface area (Å²) in [5.41, 5.74) is 7.54. The maximum Gasteiger partial charge on any atom is 0.271 e. The SMILES string of the molecule is CN(C)CCN(C=O)C1CCCN(c2cnc(C(N)=O)c(Nc3ccc4c(c3)OCC3CN(C)CCN43)n2)C1. The van der Waals surface area contributed by atoms with Gasteiger partial charge in [-0.2, -0.15) is 0 Å². The second kappa shape index (κ2) is 11.6. The maximum atomic E-state index is 12.2. The molecule has 0 bridgehead atoms. The molecule has 12 nitrogen and oxygen atoms in total. The first-order chi connectivity index (χ1) is 18.8. The minimum atomic E-state index is -0.654. The van der Waals surface area contributed by atoms with Crippen LogP contribution in [-0.4, -0.2) is 123 Å². The van der Waals surface area contributed by atoms with E-state index in [-0.39, 0.29) is 11.7 Å². The number of piperidine rings is 1. The van der Waals surface area contributed by atoms with Crippen molar-refractivity contribution in [3.05, 3.63) is 30.1 Å². The van der Waals surface area contributed by atoms with Gasteiger partial charge in [0.05, 0.1) is 17.9 Å². The lowest BCUT2D eigenvalue weighted by molar-refractivity contribution is -0.120. The predicted octanol–water partition coefficient (Wildman–Crippen LogP) is 0.821. The van der Waals surface area contributed by atoms with Crippen LogP contribution in [-0.2, 0) is 4.79 Å². The van der Waals surface area contributed by atoms with Crippen LogP contribution in [0.4, 0.5) is 23.0 Å². The fraction of sp³-hybridized carbons (Fsp3) is 0.556. The van der Waals surface area contributed by atoms with Gasteiger partial charge in [0.2, 0.25) is 6.41 Å². The number of hydrogen-bond acceptors (Lipinski definition) is 10. The molecule has 4 heterocycles. The summed E-state index contributed by atoms with van der Waals surface area (Å²) in [5, 5.41) is 3.26. The Morgan fingerprint density at radius 1 is 1.23 bits per heavy atom. The Kier molecular flexibility index (Phi) is 8.03. The van der Waals surface area contributed by atoms with Crippen LogP contribution in [0.1, 0.15) is 23.3 Å². The predicted molar refractivity (Wildman–Crippen MR) is 151 cm³/mol. The van der Waals surface area contributed by atoms with Gasteiger partial charge in [0.25, 0.3) is 5.91 Å². The Morgan fingerprint density at radius 3 is 2.85 bits per heavy atom. The molecule has 39 heavy (non-hydrogen) atoms. The Morgan fingerprint density at radius 2 is 2.08 bits per heavy atom. The number of aromatic nitrogens is 2. The number of amides is 2. The van der Waals surface area contributed by atoms with Gasteiger partial charge in [-0.25, -0.2) is 9.97 Å². The van der Waals surface area contributed by atoms with E-state index in [9.17, 15) is 9.59 Å². The van der Waals surface area contributed by atoms with Crippen molar-refractivity contribution >= 4 is 35.3 Å². The Balaban J connectivity index is 1.34. The summed E-state index contributed by atoms with van der Waals surface area (Å²) >= 11 is 0. The van der Waals surface area contributed by atoms with Crippen LogP contribution in [0.3, 0.4) is 0 Å². The molecule has 1 aromatic carbocycles. The molecule has 3 N–H and O–H groups in total. The van der Waals surface area contributed by atoms with Crippen molar-refractivity contribution < 1.29 is 14.3 Å². The van der Waals surface area contributed by atoms with Gasteiger partial charge in [0.1, 0.15) is 18.2 Å². The number of hydrogen-bond donors (Lipinski definition) is 2. The molecular formula is C27H39N9O3. The molecule has 0 spiro atoms. The molecule has 2 amide bonds. The van der Waals surface area contributed by atoms with Crippen molar-refractivity contribution in [2.75, 3.05) is 88.7 Å². The summed E-state index contributed by atoms with van der Waals surface area (Å²) in [6, 6.07) is 6.37. The normalized spacial score (nSPS) is 21.1. The van der Waals surface area contributed by atoms with E-state index in [0.29, 0.717) is 37.4 Å². The largest absolute Gasteiger partial charge is 0.489 e. The van der Waals surface area contributed by atoms with E-state index in [1.165, 1.54) is 0 Å². The molecule has 3 aliphatic heterocycles. The molecule has 2 fully saturated rings. The van der Waals surface area contributed by atoms with Crippen molar-refractivity contribution in [2.45, 2.75) is 24.9 Å². The molecule has 3 aliphatic rings. The first-order valence-corrected chi connectivity index (χ1v) is 13.6. The van der Waals surface area contributed by atoms with Crippen LogP contribution in [0.15, 0.2) is 24.4 Å². The number of fused-ring (bicyclic) bond motifs is 3. The summed E-state index contributed by atoms with van der Waals surface area (Å²) in [5.74, 6) is 1.09. The number of ether oxygens (including phenoxy) is 1. The third-order valence-electron chi connectivity index (χ3n) is 7.77. The highest BCUT2D eigenvalue weighted by Gasteiger charge is 2.32. The van der Waals surface area contributed by atoms with Gasteiger partial charge in [0.15, 0.2) is 11.5 Å². The number of primary amides is 1. The fourth-order valence-corrected chi connectivity index (χ4v) is 5.61. The number of nitrogens with two attached hydrogens (primary N) is 1. The number of benzene rings is 1. The highest BCUT2D eigenvalue weighted by Crippen LogP contribution is 2.38. The zero-order valence-corrected chi connectivity index (χ0v) is 23.0. The average Bonchev–Trinajstić information content (AvgIpc) is 2.93. The third kappa shape index (κ3) is 6.01. The number of piperazine rings is 1. The van der Waals surface area contributed by atoms with Crippen molar-refractivity contribution in [3.63, 3.8) is 0 Å². The Hall–Kier alpha value is -3.64. The minimum Gasteiger partial charge on any atom is -0.489 e. The topological polar surface area (TPSA) is 123 Å². The number of rotatable bonds is 9. The molecule has 210 valence electrons. The van der Waals surface area contributed by atoms with Crippen molar-refractivity contribution in [3.8, 4) is 5.75 Å². The van der Waals surface area contributed by atoms with Gasteiger partial charge >= 0.3 is 0 Å². The number of likely N-dealkylation sites (N-methyl/N-ethyl adjacent to an activating group) is 2. The molecule has 0 radical (unpaired) electrons. The van der Waals surface area contributed by atoms with Crippen molar-refractivity contribution in [1.82, 2.24) is 24.7 Å². The lowest BCUT2D eigenvalue weighted by atomic mass is 10.0. The molecule has 5 rings (SSSR count). The molecular weight excluding hydrogens is 498 g/mol. The van der Waals surface area contributed by atoms with Crippen LogP contribution in [0.5, 0.6) is 5.75 Å². The number of carbonyl (C=O) groups is 2. The molecule has 0 aliphatic carbocycles. The molecule has 2 atom stereocenters. The van der Waals surface area contributed by atoms with E-state index in [4.69, 9.17) is 15.5 Å². The Labute approximate surface area is 229 Å². The van der Waals surface area contributed by atoms with Crippen LogP contribution < -0.4 is 25.6 Å². The van der Waals surface area contributed by atoms with Gasteiger partial charge in [-0.05, 0) is 46.1 Å². The van der Waals surface area contributed by atoms with E-state index in [0.717, 1.165) is 69.1 Å². The standard InChI is InChI=1S/C27H39N9O3/c1-32(2)9-11-35(18-37)20-5-4-8-34(16-20)24-14-29-25(26(28)38)27(31-24)30-19-6-7-22-23(13-19)39-17-21-15-33(3)10-12-36(21)22/h6-7,13-14,18,20-21H,4-5,8-12,15-17H2,1-3H3,(H2,28,38)(H,30,31). The third-order valence-corrected chi connectivity index (χ3v) is 7.77. The summed E-state index contributed by atoms with van der Waals surface area (Å²) in [7, 11) is 6.13. The highest BCUT2D eigenvalue weighted by molar-refractivity contribution is 5.96. The van der Waals surface area contributed by atoms with Gasteiger partial charge in [-0.1, -0.05) is 0 Å². The second-order valence-corrected chi connectivity index (χ2v) is 10.9. The number of nitrogens with zero attached hydrogens (tertiary/aromatic N) is 7. The van der Waals surface area contributed by atoms with Crippen LogP contribution in [0.2, 0.25) is 0 Å². The van der Waals surface area contributed by atoms with E-state index in [1.807, 2.05) is 37.2 Å². The monoisotopic (exact) mass is 537 g/mol. The zero-order chi connectivity index (χ0) is 27.5. The van der Waals surface area contributed by atoms with E-state index >= 15 is 0 Å². The lowest BCUT2D eigenvalue weighted by Crippen LogP contribution is -2.56. The first kappa shape index (κ1) is 26.9. The highest BCUT2D eigenvalue weighted by atomic mass is 16.5. The number of carbonyl (C=O) groups excluding carboxylic acids is 2. The summed E-state index contributed by atoms with van der Waals surface area (Å²) in [6.45, 7) is 6.48. The second-order valence-electron chi connectivity index (χ2n) is 10.9. The molecule has 0 saturated carbocycles. The number of nitrogens with one attached hydrogen (secondary N) is 1. The van der Waals surface area contributed by atoms with Crippen LogP contribution in [0.25, 0.3) is 0 Å². The molecule has 1 aromatic heterocycles. The molecule has 12 heteroatoms. The molecule has 2 saturated heterocycles. The molecule has 2 aromatic rings. The molecule has 2 unspecified atom stereocenters. The van der Waals surface area contributed by atoms with Gasteiger partial charge in [-0.15, -0.1) is 0 Å². The first-order valence-electron chi connectivity index (χ1n) is 13.6. The fourth-order valence-electron chi connectivity index (χ4n) is 5.61. The summed E-state index contributed by atoms with van der Waals surface area (Å²) in [6.07, 6.45) is 4.38. The van der Waals surface area contributed by atoms with Crippen LogP contribution >= 0.6 is 0 Å². The van der Waals surface area contributed by atoms with Crippen molar-refractivity contribution in [1.29, 1.82) is 0 Å². The smallest absolute Gasteiger partial charge is 0.271 e. The van der Waals surface area contributed by atoms with Gasteiger partial charge < -0.3 is 40.3 Å². The number of anilines is 4. The average molecular weight is 538 g/mol. The quantitative estimate of drug-likeness (QED) is 0.445. The minimum absolute atomic E-state index is 0.0746. The Bertz CT molecular complexity index is 1190. The lowest BCUT2D eigenvalue weighted by Gasteiger charge is -2.44. The summed E-state index contributed by atoms with van der Waals surface area (Å²) < 4.78 is 6.12. The van der Waals surface area contributed by atoms with E-state index < -0.39 is 5.91 Å². The van der Waals surface area contributed by atoms with Crippen LogP contribution in [0, 0.1) is 0 Å². The van der Waals surface area contributed by atoms with E-state index in [1.54, 1.807) is 6.20 Å². The van der Waals surface area contributed by atoms with Crippen molar-refractivity contribution in [2.24, 2.45) is 5.73 Å². The maximum absolute atomic E-state index is 12.2. The summed E-state index contributed by atoms with van der Waals surface area (Å²) in [4.78, 5) is 44.0. The zero-order valence-electron chi connectivity index (χ0n) is 23.0. The van der Waals surface area contributed by atoms with Gasteiger partial charge in [-0.3, -0.25) is 9.59 Å².